The first-order valence-corrected chi connectivity index (χ1v) is 9.38. The van der Waals surface area contributed by atoms with Gasteiger partial charge in [-0.2, -0.15) is 0 Å². The summed E-state index contributed by atoms with van der Waals surface area (Å²) in [5, 5.41) is 9.03. The number of hydrogen-bond acceptors (Lipinski definition) is 4. The highest BCUT2D eigenvalue weighted by molar-refractivity contribution is 5.79. The lowest BCUT2D eigenvalue weighted by molar-refractivity contribution is -0.137. The molecule has 3 heterocycles. The van der Waals surface area contributed by atoms with Gasteiger partial charge in [0, 0.05) is 44.1 Å². The Labute approximate surface area is 156 Å². The van der Waals surface area contributed by atoms with Gasteiger partial charge in [-0.05, 0) is 37.7 Å². The van der Waals surface area contributed by atoms with Crippen LogP contribution in [-0.2, 0) is 17.1 Å². The summed E-state index contributed by atoms with van der Waals surface area (Å²) in [5.41, 5.74) is 0.307. The molecule has 2 saturated heterocycles. The lowest BCUT2D eigenvalue weighted by Crippen LogP contribution is -2.46. The Morgan fingerprint density at radius 2 is 2.15 bits per heavy atom. The van der Waals surface area contributed by atoms with E-state index in [0.29, 0.717) is 43.3 Å². The van der Waals surface area contributed by atoms with Crippen LogP contribution in [0.5, 0.6) is 0 Å². The van der Waals surface area contributed by atoms with Crippen LogP contribution in [0.2, 0.25) is 0 Å². The molecular weight excluding hydrogens is 354 g/mol. The lowest BCUT2D eigenvalue weighted by atomic mass is 10.0. The third-order valence-corrected chi connectivity index (χ3v) is 6.04. The summed E-state index contributed by atoms with van der Waals surface area (Å²) < 4.78 is 29.4. The Morgan fingerprint density at radius 3 is 2.74 bits per heavy atom. The van der Waals surface area contributed by atoms with Gasteiger partial charge in [-0.15, -0.1) is 0 Å². The molecule has 4 rings (SSSR count). The minimum Gasteiger partial charge on any atom is -0.481 e. The fourth-order valence-electron chi connectivity index (χ4n) is 4.46. The number of carboxylic acids is 1. The van der Waals surface area contributed by atoms with Gasteiger partial charge in [-0.25, -0.2) is 18.6 Å². The van der Waals surface area contributed by atoms with Crippen LogP contribution in [0, 0.1) is 12.5 Å². The summed E-state index contributed by atoms with van der Waals surface area (Å²) in [6, 6.07) is 0.178. The Hall–Kier alpha value is -2.43. The van der Waals surface area contributed by atoms with Gasteiger partial charge in [0.25, 0.3) is 5.92 Å². The predicted octanol–water partition coefficient (Wildman–Crippen LogP) is 3.57. The minimum atomic E-state index is -3.02. The highest BCUT2D eigenvalue weighted by Gasteiger charge is 2.46. The maximum absolute atomic E-state index is 14.7. The van der Waals surface area contributed by atoms with Crippen LogP contribution < -0.4 is 9.80 Å². The van der Waals surface area contributed by atoms with E-state index in [1.807, 2.05) is 16.7 Å². The van der Waals surface area contributed by atoms with Crippen LogP contribution in [0.4, 0.5) is 26.1 Å². The zero-order valence-corrected chi connectivity index (χ0v) is 15.2. The molecule has 144 valence electrons. The van der Waals surface area contributed by atoms with Crippen LogP contribution in [-0.4, -0.2) is 41.7 Å². The number of rotatable bonds is 4. The number of aromatic nitrogens is 1. The quantitative estimate of drug-likeness (QED) is 0.814. The largest absolute Gasteiger partial charge is 0.481 e. The van der Waals surface area contributed by atoms with Crippen molar-refractivity contribution in [1.29, 1.82) is 0 Å². The van der Waals surface area contributed by atoms with Crippen LogP contribution in [0.1, 0.15) is 43.7 Å². The molecule has 6 nitrogen and oxygen atoms in total. The van der Waals surface area contributed by atoms with Crippen molar-refractivity contribution < 1.29 is 18.7 Å². The summed E-state index contributed by atoms with van der Waals surface area (Å²) in [6.45, 7) is 11.3. The van der Waals surface area contributed by atoms with Gasteiger partial charge < -0.3 is 14.9 Å². The number of alkyl halides is 2. The Kier molecular flexibility index (Phi) is 4.21. The third kappa shape index (κ3) is 2.89. The fraction of sp³-hybridized carbons (Fsp3) is 0.632. The number of anilines is 2. The monoisotopic (exact) mass is 376 g/mol. The lowest BCUT2D eigenvalue weighted by Gasteiger charge is -2.41. The van der Waals surface area contributed by atoms with Crippen molar-refractivity contribution in [1.82, 2.24) is 4.98 Å². The average Bonchev–Trinajstić information content (AvgIpc) is 3.17. The molecule has 1 N–H and O–H groups in total. The van der Waals surface area contributed by atoms with E-state index in [1.165, 1.54) is 0 Å². The molecule has 8 heteroatoms. The molecule has 3 aliphatic rings. The minimum absolute atomic E-state index is 0.00575. The molecule has 0 spiro atoms. The molecule has 2 aliphatic heterocycles. The first kappa shape index (κ1) is 18.0. The molecule has 0 aromatic carbocycles. The fourth-order valence-corrected chi connectivity index (χ4v) is 4.46. The molecule has 1 aromatic rings. The van der Waals surface area contributed by atoms with Crippen molar-refractivity contribution in [2.75, 3.05) is 29.4 Å². The van der Waals surface area contributed by atoms with Crippen LogP contribution >= 0.6 is 0 Å². The summed E-state index contributed by atoms with van der Waals surface area (Å²) in [6.07, 6.45) is 1.63. The summed E-state index contributed by atoms with van der Waals surface area (Å²) >= 11 is 0. The number of hydrogen-bond donors (Lipinski definition) is 1. The highest BCUT2D eigenvalue weighted by atomic mass is 19.3. The van der Waals surface area contributed by atoms with Gasteiger partial charge in [0.1, 0.15) is 11.6 Å². The van der Waals surface area contributed by atoms with Gasteiger partial charge in [-0.3, -0.25) is 4.79 Å². The van der Waals surface area contributed by atoms with Crippen molar-refractivity contribution in [3.05, 3.63) is 22.5 Å². The molecule has 1 aromatic heterocycles. The highest BCUT2D eigenvalue weighted by Crippen LogP contribution is 2.53. The van der Waals surface area contributed by atoms with E-state index in [1.54, 1.807) is 0 Å². The molecule has 1 unspecified atom stereocenters. The van der Waals surface area contributed by atoms with E-state index < -0.39 is 11.9 Å². The molecule has 0 bridgehead atoms. The summed E-state index contributed by atoms with van der Waals surface area (Å²) in [4.78, 5) is 23.0. The van der Waals surface area contributed by atoms with Crippen molar-refractivity contribution >= 4 is 23.3 Å². The van der Waals surface area contributed by atoms with Crippen molar-refractivity contribution in [2.24, 2.45) is 5.92 Å². The van der Waals surface area contributed by atoms with E-state index in [4.69, 9.17) is 16.7 Å². The molecule has 2 fully saturated rings. The maximum atomic E-state index is 14.7. The number of aliphatic carboxylic acids is 1. The third-order valence-electron chi connectivity index (χ3n) is 6.04. The zero-order valence-electron chi connectivity index (χ0n) is 15.2. The molecule has 0 radical (unpaired) electrons. The standard InChI is InChI=1S/C19H22F2N4O2/c1-11-4-8-25(11)18-16(22-2)15-13(3-6-19(15,20)21)17(23-18)24-7-5-12(10-24)9-14(26)27/h11-12H,3-10H2,1H3,(H,26,27)/t11-,12?/m0/s1. The summed E-state index contributed by atoms with van der Waals surface area (Å²) in [5.74, 6) is -2.98. The Balaban J connectivity index is 1.79. The second-order valence-electron chi connectivity index (χ2n) is 7.81. The summed E-state index contributed by atoms with van der Waals surface area (Å²) in [7, 11) is 0. The smallest absolute Gasteiger partial charge is 0.303 e. The molecule has 1 aliphatic carbocycles. The second kappa shape index (κ2) is 6.32. The topological polar surface area (TPSA) is 61.0 Å². The number of carboxylic acid groups (broad SMARTS) is 1. The second-order valence-corrected chi connectivity index (χ2v) is 7.81. The van der Waals surface area contributed by atoms with Crippen LogP contribution in [0.15, 0.2) is 0 Å². The number of halogens is 2. The number of carbonyl (C=O) groups is 1. The Morgan fingerprint density at radius 1 is 1.37 bits per heavy atom. The zero-order chi connectivity index (χ0) is 19.3. The van der Waals surface area contributed by atoms with Crippen LogP contribution in [0.25, 0.3) is 4.85 Å². The molecule has 27 heavy (non-hydrogen) atoms. The Bertz CT molecular complexity index is 836. The first-order chi connectivity index (χ1) is 12.8. The van der Waals surface area contributed by atoms with Gasteiger partial charge in [-0.1, -0.05) is 0 Å². The normalized spacial score (nSPS) is 25.9. The van der Waals surface area contributed by atoms with E-state index in [2.05, 4.69) is 4.85 Å². The van der Waals surface area contributed by atoms with Crippen molar-refractivity contribution in [3.8, 4) is 0 Å². The molecule has 0 saturated carbocycles. The van der Waals surface area contributed by atoms with Crippen molar-refractivity contribution in [2.45, 2.75) is 51.0 Å². The SMILES string of the molecule is [C-]#[N+]c1c(N2CC[C@@H]2C)nc(N2CCC(CC(=O)O)C2)c2c1C(F)(F)CC2. The maximum Gasteiger partial charge on any atom is 0.303 e. The molecule has 2 atom stereocenters. The van der Waals surface area contributed by atoms with Gasteiger partial charge in [0.2, 0.25) is 5.69 Å². The van der Waals surface area contributed by atoms with E-state index >= 15 is 0 Å². The molecular formula is C19H22F2N4O2. The van der Waals surface area contributed by atoms with Gasteiger partial charge in [0.15, 0.2) is 0 Å². The predicted molar refractivity (Wildman–Crippen MR) is 96.7 cm³/mol. The molecule has 0 amide bonds. The van der Waals surface area contributed by atoms with E-state index in [0.717, 1.165) is 6.42 Å². The van der Waals surface area contributed by atoms with Gasteiger partial charge in [0.05, 0.1) is 6.57 Å². The van der Waals surface area contributed by atoms with E-state index in [9.17, 15) is 13.6 Å². The number of pyridine rings is 1. The average molecular weight is 376 g/mol. The van der Waals surface area contributed by atoms with Gasteiger partial charge >= 0.3 is 5.97 Å². The first-order valence-electron chi connectivity index (χ1n) is 9.38. The number of fused-ring (bicyclic) bond motifs is 1. The number of nitrogens with zero attached hydrogens (tertiary/aromatic N) is 4. The van der Waals surface area contributed by atoms with Crippen LogP contribution in [0.3, 0.4) is 0 Å². The van der Waals surface area contributed by atoms with E-state index in [-0.39, 0.29) is 42.5 Å². The van der Waals surface area contributed by atoms with Crippen molar-refractivity contribution in [3.63, 3.8) is 0 Å².